The topological polar surface area (TPSA) is 38.3 Å². The van der Waals surface area contributed by atoms with Crippen LogP contribution in [0, 0.1) is 0 Å². The fourth-order valence-corrected chi connectivity index (χ4v) is 1.14. The van der Waals surface area contributed by atoms with E-state index in [4.69, 9.17) is 0 Å². The Kier molecular flexibility index (Phi) is 3.46. The van der Waals surface area contributed by atoms with Gasteiger partial charge in [0.2, 0.25) is 5.91 Å². The van der Waals surface area contributed by atoms with Gasteiger partial charge in [-0.25, -0.2) is 0 Å². The lowest BCUT2D eigenvalue weighted by Gasteiger charge is -2.13. The summed E-state index contributed by atoms with van der Waals surface area (Å²) in [6, 6.07) is 4.03. The Bertz CT molecular complexity index is 406. The molecule has 1 rings (SSSR count). The lowest BCUT2D eigenvalue weighted by atomic mass is 9.95. The molecular weight excluding hydrogens is 222 g/mol. The number of carbonyl (C=O) groups excluding carboxylic acids is 1. The summed E-state index contributed by atoms with van der Waals surface area (Å²) in [7, 11) is 1.70. The highest BCUT2D eigenvalue weighted by Gasteiger charge is 2.32. The van der Waals surface area contributed by atoms with Gasteiger partial charge in [-0.1, -0.05) is 11.5 Å². The summed E-state index contributed by atoms with van der Waals surface area (Å²) in [6.07, 6.45) is -4.78. The van der Waals surface area contributed by atoms with E-state index in [1.54, 1.807) is 7.85 Å². The minimum Gasteiger partial charge on any atom is -0.404 e. The molecule has 0 unspecified atom stereocenters. The molecule has 0 heterocycles. The molecule has 1 N–H and O–H groups in total. The zero-order valence-electron chi connectivity index (χ0n) is 8.68. The van der Waals surface area contributed by atoms with Gasteiger partial charge < -0.3 is 10.1 Å². The second-order valence-electron chi connectivity index (χ2n) is 3.23. The monoisotopic (exact) mass is 231 g/mol. The molecule has 1 amide bonds. The summed E-state index contributed by atoms with van der Waals surface area (Å²) in [4.78, 5) is 10.8. The van der Waals surface area contributed by atoms with Crippen LogP contribution < -0.4 is 15.5 Å². The maximum Gasteiger partial charge on any atom is 0.573 e. The zero-order chi connectivity index (χ0) is 12.3. The van der Waals surface area contributed by atoms with Gasteiger partial charge in [0.15, 0.2) is 5.75 Å². The third-order valence-electron chi connectivity index (χ3n) is 1.67. The van der Waals surface area contributed by atoms with E-state index in [-0.39, 0.29) is 5.69 Å². The molecule has 16 heavy (non-hydrogen) atoms. The molecule has 0 bridgehead atoms. The number of rotatable bonds is 2. The van der Waals surface area contributed by atoms with Crippen LogP contribution in [-0.4, -0.2) is 20.1 Å². The molecule has 0 aromatic heterocycles. The maximum absolute atomic E-state index is 12.0. The molecule has 0 aliphatic heterocycles. The Morgan fingerprint density at radius 2 is 2.06 bits per heavy atom. The Balaban J connectivity index is 3.02. The summed E-state index contributed by atoms with van der Waals surface area (Å²) in [5, 5.41) is 2.27. The van der Waals surface area contributed by atoms with Crippen LogP contribution in [0.5, 0.6) is 5.75 Å². The van der Waals surface area contributed by atoms with E-state index in [1.165, 1.54) is 19.1 Å². The van der Waals surface area contributed by atoms with Crippen molar-refractivity contribution in [3.8, 4) is 5.75 Å². The molecule has 3 nitrogen and oxygen atoms in total. The number of ether oxygens (including phenoxy) is 1. The van der Waals surface area contributed by atoms with Crippen molar-refractivity contribution in [1.29, 1.82) is 0 Å². The first-order valence-corrected chi connectivity index (χ1v) is 4.42. The van der Waals surface area contributed by atoms with E-state index >= 15 is 0 Å². The van der Waals surface area contributed by atoms with E-state index in [0.717, 1.165) is 11.5 Å². The average Bonchev–Trinajstić information content (AvgIpc) is 2.06. The van der Waals surface area contributed by atoms with Crippen molar-refractivity contribution >= 4 is 24.9 Å². The number of benzene rings is 1. The molecule has 0 spiro atoms. The predicted octanol–water partition coefficient (Wildman–Crippen LogP) is 0.802. The normalized spacial score (nSPS) is 11.0. The van der Waals surface area contributed by atoms with Gasteiger partial charge in [-0.15, -0.1) is 13.2 Å². The van der Waals surface area contributed by atoms with Crippen LogP contribution in [0.2, 0.25) is 0 Å². The highest BCUT2D eigenvalue weighted by molar-refractivity contribution is 6.32. The van der Waals surface area contributed by atoms with E-state index in [9.17, 15) is 18.0 Å². The van der Waals surface area contributed by atoms with Crippen LogP contribution in [0.25, 0.3) is 0 Å². The molecule has 0 aliphatic carbocycles. The van der Waals surface area contributed by atoms with Gasteiger partial charge >= 0.3 is 6.36 Å². The molecule has 0 fully saturated rings. The van der Waals surface area contributed by atoms with Crippen molar-refractivity contribution in [3.05, 3.63) is 18.2 Å². The second-order valence-corrected chi connectivity index (χ2v) is 3.23. The summed E-state index contributed by atoms with van der Waals surface area (Å²) in [5.41, 5.74) is 0.725. The molecule has 0 saturated heterocycles. The number of nitrogens with one attached hydrogen (secondary N) is 1. The standard InChI is InChI=1S/C9H9BF3NO2/c1-5(15)14-7-4-6(10)2-3-8(7)16-9(11,12)13/h2-4H,10H2,1H3,(H,14,15). The van der Waals surface area contributed by atoms with Gasteiger partial charge in [0.25, 0.3) is 0 Å². The van der Waals surface area contributed by atoms with Crippen LogP contribution in [-0.2, 0) is 4.79 Å². The molecule has 0 aliphatic rings. The van der Waals surface area contributed by atoms with Crippen molar-refractivity contribution in [2.75, 3.05) is 5.32 Å². The molecule has 0 saturated carbocycles. The minimum absolute atomic E-state index is 0.00447. The van der Waals surface area contributed by atoms with Gasteiger partial charge in [0, 0.05) is 6.92 Å². The summed E-state index contributed by atoms with van der Waals surface area (Å²) in [6.45, 7) is 1.21. The van der Waals surface area contributed by atoms with Crippen molar-refractivity contribution < 1.29 is 22.7 Å². The van der Waals surface area contributed by atoms with Crippen molar-refractivity contribution in [2.24, 2.45) is 0 Å². The Morgan fingerprint density at radius 3 is 2.56 bits per heavy atom. The van der Waals surface area contributed by atoms with Gasteiger partial charge in [-0.05, 0) is 12.1 Å². The predicted molar refractivity (Wildman–Crippen MR) is 55.6 cm³/mol. The van der Waals surface area contributed by atoms with Crippen molar-refractivity contribution in [2.45, 2.75) is 13.3 Å². The first-order chi connectivity index (χ1) is 7.28. The van der Waals surface area contributed by atoms with Gasteiger partial charge in [0.05, 0.1) is 5.69 Å². The molecular formula is C9H9BF3NO2. The number of hydrogen-bond acceptors (Lipinski definition) is 2. The number of carbonyl (C=O) groups is 1. The van der Waals surface area contributed by atoms with E-state index in [2.05, 4.69) is 10.1 Å². The number of halogens is 3. The van der Waals surface area contributed by atoms with Crippen LogP contribution in [0.3, 0.4) is 0 Å². The fourth-order valence-electron chi connectivity index (χ4n) is 1.14. The van der Waals surface area contributed by atoms with Gasteiger partial charge in [-0.3, -0.25) is 4.79 Å². The number of alkyl halides is 3. The third kappa shape index (κ3) is 3.84. The smallest absolute Gasteiger partial charge is 0.404 e. The number of hydrogen-bond donors (Lipinski definition) is 1. The van der Waals surface area contributed by atoms with Crippen LogP contribution in [0.1, 0.15) is 6.92 Å². The third-order valence-corrected chi connectivity index (χ3v) is 1.67. The highest BCUT2D eigenvalue weighted by atomic mass is 19.4. The Hall–Kier alpha value is -1.66. The Labute approximate surface area is 91.0 Å². The SMILES string of the molecule is Bc1ccc(OC(F)(F)F)c(NC(C)=O)c1. The lowest BCUT2D eigenvalue weighted by Crippen LogP contribution is -2.20. The molecule has 7 heteroatoms. The molecule has 1 aromatic rings. The molecule has 0 radical (unpaired) electrons. The highest BCUT2D eigenvalue weighted by Crippen LogP contribution is 2.29. The van der Waals surface area contributed by atoms with E-state index < -0.39 is 18.0 Å². The van der Waals surface area contributed by atoms with Crippen molar-refractivity contribution in [3.63, 3.8) is 0 Å². The second kappa shape index (κ2) is 4.46. The largest absolute Gasteiger partial charge is 0.573 e. The quantitative estimate of drug-likeness (QED) is 0.764. The van der Waals surface area contributed by atoms with Crippen molar-refractivity contribution in [1.82, 2.24) is 0 Å². The van der Waals surface area contributed by atoms with E-state index in [0.29, 0.717) is 0 Å². The molecule has 0 atom stereocenters. The first-order valence-electron chi connectivity index (χ1n) is 4.42. The molecule has 86 valence electrons. The zero-order valence-corrected chi connectivity index (χ0v) is 8.68. The molecule has 1 aromatic carbocycles. The summed E-state index contributed by atoms with van der Waals surface area (Å²) >= 11 is 0. The van der Waals surface area contributed by atoms with E-state index in [1.807, 2.05) is 0 Å². The fraction of sp³-hybridized carbons (Fsp3) is 0.222. The van der Waals surface area contributed by atoms with Crippen LogP contribution in [0.4, 0.5) is 18.9 Å². The van der Waals surface area contributed by atoms with Gasteiger partial charge in [-0.2, -0.15) is 0 Å². The lowest BCUT2D eigenvalue weighted by molar-refractivity contribution is -0.274. The average molecular weight is 231 g/mol. The summed E-state index contributed by atoms with van der Waals surface area (Å²) < 4.78 is 39.8. The summed E-state index contributed by atoms with van der Waals surface area (Å²) in [5.74, 6) is -0.883. The first kappa shape index (κ1) is 12.4. The van der Waals surface area contributed by atoms with Gasteiger partial charge in [0.1, 0.15) is 7.85 Å². The van der Waals surface area contributed by atoms with Crippen LogP contribution in [0.15, 0.2) is 18.2 Å². The number of anilines is 1. The van der Waals surface area contributed by atoms with Crippen LogP contribution >= 0.6 is 0 Å². The number of amides is 1. The minimum atomic E-state index is -4.78. The Morgan fingerprint density at radius 1 is 1.44 bits per heavy atom. The maximum atomic E-state index is 12.0.